The molecule has 17 nitrogen and oxygen atoms in total. The van der Waals surface area contributed by atoms with Gasteiger partial charge in [-0.05, 0) is 97.1 Å². The number of nitrogens with one attached hydrogen (secondary N) is 2. The van der Waals surface area contributed by atoms with Crippen molar-refractivity contribution in [2.75, 3.05) is 63.4 Å². The third-order valence-corrected chi connectivity index (χ3v) is 14.6. The fraction of sp³-hybridized carbons (Fsp3) is 0.136. The summed E-state index contributed by atoms with van der Waals surface area (Å²) in [5.41, 5.74) is 7.66. The standard InChI is InChI=1S/C66H56N11O6/c1-75(2,3)39-16-10-19-43(34-39)81-52-25-13-22-48-55(52)63-69-58-47-33-32-46(80-42-30-28-38(29-31-42)66(78)79)37-51(47)62(67-58)74-65-57-50(24-15-27-54(57)83-45-21-12-18-41(36-45)77(7,8)9)61(73-65)72-64-56-49(60(71-64)68-59(48)70-63)23-14-26-53(56)82-44-20-11-17-40(35-44)76(4,5)6/h10-37H,1-9H3,(H-2,67,68,69,70,71,72,73,74,78,79)/q+1/p+2. The zero-order valence-corrected chi connectivity index (χ0v) is 47.2. The highest BCUT2D eigenvalue weighted by Crippen LogP contribution is 2.46. The van der Waals surface area contributed by atoms with Gasteiger partial charge in [-0.3, -0.25) is 13.4 Å². The van der Waals surface area contributed by atoms with Crippen molar-refractivity contribution in [3.8, 4) is 91.5 Å². The van der Waals surface area contributed by atoms with Crippen molar-refractivity contribution in [2.45, 2.75) is 0 Å². The number of carbonyl (C=O) groups is 1. The van der Waals surface area contributed by atoms with E-state index >= 15 is 0 Å². The topological polar surface area (TPSA) is 183 Å². The van der Waals surface area contributed by atoms with E-state index < -0.39 is 5.97 Å². The molecule has 0 saturated heterocycles. The van der Waals surface area contributed by atoms with E-state index in [1.54, 1.807) is 12.1 Å². The molecular weight excluding hydrogens is 1040 g/mol. The lowest BCUT2D eigenvalue weighted by Crippen LogP contribution is -2.34. The van der Waals surface area contributed by atoms with E-state index in [0.29, 0.717) is 144 Å². The molecule has 0 unspecified atom stereocenters. The number of fused-ring (bicyclic) bond motifs is 20. The van der Waals surface area contributed by atoms with Crippen LogP contribution in [-0.2, 0) is 0 Å². The molecule has 0 amide bonds. The summed E-state index contributed by atoms with van der Waals surface area (Å²) in [5.74, 6) is 4.77. The van der Waals surface area contributed by atoms with Crippen LogP contribution in [-0.4, -0.2) is 114 Å². The van der Waals surface area contributed by atoms with Crippen LogP contribution in [0, 0.1) is 0 Å². The van der Waals surface area contributed by atoms with Crippen LogP contribution in [0.25, 0.3) is 89.7 Å². The fourth-order valence-electron chi connectivity index (χ4n) is 10.2. The summed E-state index contributed by atoms with van der Waals surface area (Å²) in [6.07, 6.45) is 0. The Morgan fingerprint density at radius 2 is 0.783 bits per heavy atom. The lowest BCUT2D eigenvalue weighted by atomic mass is 10.1. The van der Waals surface area contributed by atoms with Gasteiger partial charge >= 0.3 is 5.97 Å². The molecule has 83 heavy (non-hydrogen) atoms. The first-order chi connectivity index (χ1) is 39.8. The second kappa shape index (κ2) is 19.7. The van der Waals surface area contributed by atoms with Gasteiger partial charge in [0.05, 0.1) is 85.5 Å². The van der Waals surface area contributed by atoms with E-state index in [9.17, 15) is 9.90 Å². The monoisotopic (exact) mass is 1100 g/mol. The lowest BCUT2D eigenvalue weighted by molar-refractivity contribution is 0.0696. The number of aromatic amines is 2. The molecule has 0 saturated carbocycles. The average molecular weight is 1100 g/mol. The summed E-state index contributed by atoms with van der Waals surface area (Å²) in [4.78, 5) is 51.0. The molecule has 2 aliphatic rings. The van der Waals surface area contributed by atoms with Gasteiger partial charge in [0.1, 0.15) is 85.6 Å². The highest BCUT2D eigenvalue weighted by Gasteiger charge is 2.29. The van der Waals surface area contributed by atoms with Crippen LogP contribution in [0.3, 0.4) is 0 Å². The maximum atomic E-state index is 11.7. The Morgan fingerprint density at radius 3 is 1.30 bits per heavy atom. The summed E-state index contributed by atoms with van der Waals surface area (Å²) in [6.45, 7) is 0. The molecular formula is C66H58N11O6+3. The van der Waals surface area contributed by atoms with E-state index in [4.69, 9.17) is 48.9 Å². The number of carboxylic acid groups (broad SMARTS) is 1. The average Bonchev–Trinajstić information content (AvgIpc) is 2.97. The number of carboxylic acids is 1. The molecule has 410 valence electrons. The lowest BCUT2D eigenvalue weighted by Gasteiger charge is -2.23. The maximum absolute atomic E-state index is 11.7. The summed E-state index contributed by atoms with van der Waals surface area (Å²) in [5, 5.41) is 12.3. The summed E-state index contributed by atoms with van der Waals surface area (Å²) < 4.78 is 28.7. The molecule has 3 aromatic heterocycles. The van der Waals surface area contributed by atoms with Gasteiger partial charge in [-0.1, -0.05) is 54.6 Å². The number of benzene rings is 8. The van der Waals surface area contributed by atoms with Crippen molar-refractivity contribution in [1.82, 2.24) is 53.3 Å². The molecule has 11 aromatic rings. The Morgan fingerprint density at radius 1 is 0.373 bits per heavy atom. The second-order valence-electron chi connectivity index (χ2n) is 23.1. The highest BCUT2D eigenvalue weighted by atomic mass is 16.5. The summed E-state index contributed by atoms with van der Waals surface area (Å²) >= 11 is 0. The number of nitrogens with zero attached hydrogens (tertiary/aromatic N) is 9. The zero-order chi connectivity index (χ0) is 57.5. The quantitative estimate of drug-likeness (QED) is 0.0986. The first kappa shape index (κ1) is 52.1. The van der Waals surface area contributed by atoms with Gasteiger partial charge in [-0.2, -0.15) is 0 Å². The molecule has 8 bridgehead atoms. The summed E-state index contributed by atoms with van der Waals surface area (Å²) in [7, 11) is 19.0. The Hall–Kier alpha value is -10.3. The molecule has 8 aromatic carbocycles. The van der Waals surface area contributed by atoms with Crippen molar-refractivity contribution < 1.29 is 28.8 Å². The SMILES string of the molecule is C[N+](C)(C)c1cccc(Oc2cccc3c2-c2nc-3nc3[nH]c(nc4nc(nc5[nH]c(n2)c2ccc(Oc6ccc(C(=O)O)cc6)cc52)-c2c(Oc5cccc([N+](C)(C)C)c5)cccc2-4)c2c(Oc4cccc([N+](C)(C)C)c4)cccc32)c1. The molecule has 0 radical (unpaired) electrons. The fourth-order valence-corrected chi connectivity index (χ4v) is 10.2. The van der Waals surface area contributed by atoms with Crippen LogP contribution < -0.4 is 32.4 Å². The van der Waals surface area contributed by atoms with E-state index in [2.05, 4.69) is 91.6 Å². The Balaban J connectivity index is 1.10. The largest absolute Gasteiger partial charge is 0.478 e. The molecule has 3 N–H and O–H groups in total. The van der Waals surface area contributed by atoms with Crippen LogP contribution in [0.5, 0.6) is 46.0 Å². The van der Waals surface area contributed by atoms with Crippen LogP contribution in [0.1, 0.15) is 10.4 Å². The van der Waals surface area contributed by atoms with Crippen molar-refractivity contribution in [3.63, 3.8) is 0 Å². The van der Waals surface area contributed by atoms with Crippen LogP contribution in [0.15, 0.2) is 170 Å². The second-order valence-corrected chi connectivity index (χ2v) is 23.1. The minimum Gasteiger partial charge on any atom is -0.478 e. The molecule has 2 aliphatic heterocycles. The Bertz CT molecular complexity index is 4630. The molecule has 0 spiro atoms. The molecule has 17 heteroatoms. The Kier molecular flexibility index (Phi) is 12.4. The van der Waals surface area contributed by atoms with Crippen LogP contribution in [0.2, 0.25) is 0 Å². The van der Waals surface area contributed by atoms with Crippen LogP contribution in [0.4, 0.5) is 17.1 Å². The van der Waals surface area contributed by atoms with Gasteiger partial charge in [0, 0.05) is 45.5 Å². The van der Waals surface area contributed by atoms with Gasteiger partial charge in [0.15, 0.2) is 23.3 Å². The predicted octanol–water partition coefficient (Wildman–Crippen LogP) is 14.3. The first-order valence-corrected chi connectivity index (χ1v) is 26.9. The third-order valence-electron chi connectivity index (χ3n) is 14.6. The molecule has 0 atom stereocenters. The number of aromatic nitrogens is 8. The minimum atomic E-state index is -1.03. The molecule has 13 rings (SSSR count). The predicted molar refractivity (Wildman–Crippen MR) is 328 cm³/mol. The number of ether oxygens (including phenoxy) is 4. The number of H-pyrrole nitrogens is 2. The van der Waals surface area contributed by atoms with Crippen LogP contribution >= 0.6 is 0 Å². The third kappa shape index (κ3) is 9.98. The highest BCUT2D eigenvalue weighted by molar-refractivity contribution is 6.09. The van der Waals surface area contributed by atoms with E-state index in [1.807, 2.05) is 127 Å². The van der Waals surface area contributed by atoms with E-state index in [-0.39, 0.29) is 5.56 Å². The zero-order valence-electron chi connectivity index (χ0n) is 47.2. The number of aromatic carboxylic acids is 1. The van der Waals surface area contributed by atoms with Gasteiger partial charge in [0.25, 0.3) is 0 Å². The van der Waals surface area contributed by atoms with Gasteiger partial charge in [0.2, 0.25) is 0 Å². The van der Waals surface area contributed by atoms with E-state index in [1.165, 1.54) is 12.1 Å². The van der Waals surface area contributed by atoms with E-state index in [0.717, 1.165) is 22.4 Å². The first-order valence-electron chi connectivity index (χ1n) is 26.9. The molecule has 5 heterocycles. The minimum absolute atomic E-state index is 0.141. The summed E-state index contributed by atoms with van der Waals surface area (Å²) in [6, 6.07) is 53.4. The van der Waals surface area contributed by atoms with Crippen molar-refractivity contribution >= 4 is 67.2 Å². The maximum Gasteiger partial charge on any atom is 0.335 e. The van der Waals surface area contributed by atoms with Gasteiger partial charge in [-0.25, -0.2) is 34.7 Å². The van der Waals surface area contributed by atoms with Crippen molar-refractivity contribution in [3.05, 3.63) is 175 Å². The number of hydrogen-bond donors (Lipinski definition) is 3. The smallest absolute Gasteiger partial charge is 0.335 e. The normalized spacial score (nSPS) is 12.3. The number of quaternary nitrogens is 3. The Labute approximate surface area is 477 Å². The number of rotatable bonds is 12. The molecule has 0 fully saturated rings. The van der Waals surface area contributed by atoms with Gasteiger partial charge < -0.3 is 34.0 Å². The van der Waals surface area contributed by atoms with Crippen molar-refractivity contribution in [2.24, 2.45) is 0 Å². The molecule has 0 aliphatic carbocycles. The van der Waals surface area contributed by atoms with Crippen molar-refractivity contribution in [1.29, 1.82) is 0 Å². The van der Waals surface area contributed by atoms with Gasteiger partial charge in [-0.15, -0.1) is 0 Å². The number of hydrogen-bond acceptors (Lipinski definition) is 11.